The Hall–Kier alpha value is -3.16. The number of ketones is 1. The van der Waals surface area contributed by atoms with Gasteiger partial charge < -0.3 is 4.74 Å². The molecule has 6 nitrogen and oxygen atoms in total. The van der Waals surface area contributed by atoms with E-state index < -0.39 is 34.4 Å². The van der Waals surface area contributed by atoms with Crippen LogP contribution in [-0.2, 0) is 9.53 Å². The number of para-hydroxylation sites is 1. The van der Waals surface area contributed by atoms with Gasteiger partial charge >= 0.3 is 5.97 Å². The van der Waals surface area contributed by atoms with Gasteiger partial charge in [0.25, 0.3) is 5.69 Å². The first-order chi connectivity index (χ1) is 12.3. The summed E-state index contributed by atoms with van der Waals surface area (Å²) >= 11 is 0. The molecule has 2 aromatic carbocycles. The number of nitrogens with zero attached hydrogens (tertiary/aromatic N) is 1. The van der Waals surface area contributed by atoms with Crippen molar-refractivity contribution in [3.8, 4) is 0 Å². The Kier molecular flexibility index (Phi) is 6.11. The summed E-state index contributed by atoms with van der Waals surface area (Å²) in [6.45, 7) is 1.47. The quantitative estimate of drug-likeness (QED) is 0.319. The summed E-state index contributed by atoms with van der Waals surface area (Å²) in [6.07, 6.45) is -1.55. The lowest BCUT2D eigenvalue weighted by molar-refractivity contribution is -0.386. The van der Waals surface area contributed by atoms with E-state index in [9.17, 15) is 28.5 Å². The van der Waals surface area contributed by atoms with Crippen LogP contribution in [0.2, 0.25) is 0 Å². The standard InChI is InChI=1S/C18H15F2NO5/c1-11(13-4-2-3-5-16(13)21(24)25)26-18(23)9-8-17(22)14-7-6-12(19)10-15(14)20/h2-7,10-11H,8-9H2,1H3. The molecule has 0 radical (unpaired) electrons. The van der Waals surface area contributed by atoms with Crippen molar-refractivity contribution in [3.05, 3.63) is 75.3 Å². The molecule has 136 valence electrons. The number of rotatable bonds is 7. The fourth-order valence-electron chi connectivity index (χ4n) is 2.38. The molecule has 8 heteroatoms. The summed E-state index contributed by atoms with van der Waals surface area (Å²) in [5.41, 5.74) is -0.273. The van der Waals surface area contributed by atoms with Crippen LogP contribution in [-0.4, -0.2) is 16.7 Å². The highest BCUT2D eigenvalue weighted by Gasteiger charge is 2.22. The number of hydrogen-bond acceptors (Lipinski definition) is 5. The van der Waals surface area contributed by atoms with Gasteiger partial charge in [0.2, 0.25) is 0 Å². The third kappa shape index (κ3) is 4.69. The molecule has 0 bridgehead atoms. The van der Waals surface area contributed by atoms with Crippen molar-refractivity contribution in [2.24, 2.45) is 0 Å². The molecule has 0 aliphatic rings. The third-order valence-corrected chi connectivity index (χ3v) is 3.67. The largest absolute Gasteiger partial charge is 0.457 e. The number of benzene rings is 2. The Labute approximate surface area is 147 Å². The van der Waals surface area contributed by atoms with Crippen molar-refractivity contribution in [2.75, 3.05) is 0 Å². The molecule has 0 saturated heterocycles. The summed E-state index contributed by atoms with van der Waals surface area (Å²) in [7, 11) is 0. The second-order valence-corrected chi connectivity index (χ2v) is 5.50. The highest BCUT2D eigenvalue weighted by molar-refractivity contribution is 5.97. The van der Waals surface area contributed by atoms with E-state index in [0.29, 0.717) is 6.07 Å². The van der Waals surface area contributed by atoms with Crippen LogP contribution in [0.25, 0.3) is 0 Å². The van der Waals surface area contributed by atoms with Crippen LogP contribution >= 0.6 is 0 Å². The van der Waals surface area contributed by atoms with Crippen LogP contribution in [0.5, 0.6) is 0 Å². The molecule has 2 rings (SSSR count). The highest BCUT2D eigenvalue weighted by Crippen LogP contribution is 2.27. The van der Waals surface area contributed by atoms with Crippen molar-refractivity contribution in [1.29, 1.82) is 0 Å². The first-order valence-electron chi connectivity index (χ1n) is 7.70. The number of halogens is 2. The van der Waals surface area contributed by atoms with Gasteiger partial charge in [0.1, 0.15) is 17.7 Å². The molecule has 0 aliphatic carbocycles. The lowest BCUT2D eigenvalue weighted by Crippen LogP contribution is -2.12. The lowest BCUT2D eigenvalue weighted by atomic mass is 10.1. The van der Waals surface area contributed by atoms with Gasteiger partial charge in [-0.05, 0) is 25.1 Å². The van der Waals surface area contributed by atoms with Crippen LogP contribution in [0.15, 0.2) is 42.5 Å². The van der Waals surface area contributed by atoms with Gasteiger partial charge in [0.15, 0.2) is 5.78 Å². The van der Waals surface area contributed by atoms with Gasteiger partial charge in [-0.1, -0.05) is 12.1 Å². The molecule has 26 heavy (non-hydrogen) atoms. The molecule has 0 spiro atoms. The van der Waals surface area contributed by atoms with Crippen LogP contribution < -0.4 is 0 Å². The Morgan fingerprint density at radius 1 is 1.15 bits per heavy atom. The molecule has 0 heterocycles. The van der Waals surface area contributed by atoms with Gasteiger partial charge in [-0.2, -0.15) is 0 Å². The lowest BCUT2D eigenvalue weighted by Gasteiger charge is -2.13. The SMILES string of the molecule is CC(OC(=O)CCC(=O)c1ccc(F)cc1F)c1ccccc1[N+](=O)[O-]. The summed E-state index contributed by atoms with van der Waals surface area (Å²) < 4.78 is 31.5. The number of carbonyl (C=O) groups excluding carboxylic acids is 2. The summed E-state index contributed by atoms with van der Waals surface area (Å²) in [5, 5.41) is 11.0. The fourth-order valence-corrected chi connectivity index (χ4v) is 2.38. The second-order valence-electron chi connectivity index (χ2n) is 5.50. The van der Waals surface area contributed by atoms with Crippen molar-refractivity contribution in [2.45, 2.75) is 25.9 Å². The van der Waals surface area contributed by atoms with E-state index in [1.54, 1.807) is 6.07 Å². The molecule has 0 aliphatic heterocycles. The van der Waals surface area contributed by atoms with E-state index in [-0.39, 0.29) is 29.7 Å². The maximum atomic E-state index is 13.5. The monoisotopic (exact) mass is 363 g/mol. The molecular formula is C18H15F2NO5. The molecule has 0 amide bonds. The maximum Gasteiger partial charge on any atom is 0.306 e. The molecule has 0 fully saturated rings. The highest BCUT2D eigenvalue weighted by atomic mass is 19.1. The van der Waals surface area contributed by atoms with Crippen LogP contribution in [0, 0.1) is 21.7 Å². The summed E-state index contributed by atoms with van der Waals surface area (Å²) in [4.78, 5) is 34.2. The number of nitro benzene ring substituents is 1. The van der Waals surface area contributed by atoms with Crippen molar-refractivity contribution >= 4 is 17.4 Å². The predicted molar refractivity (Wildman–Crippen MR) is 87.5 cm³/mol. The van der Waals surface area contributed by atoms with Crippen LogP contribution in [0.1, 0.15) is 41.8 Å². The first kappa shape index (κ1) is 19.2. The zero-order chi connectivity index (χ0) is 19.3. The maximum absolute atomic E-state index is 13.5. The first-order valence-corrected chi connectivity index (χ1v) is 7.70. The van der Waals surface area contributed by atoms with Gasteiger partial charge in [0, 0.05) is 18.6 Å². The minimum absolute atomic E-state index is 0.183. The van der Waals surface area contributed by atoms with E-state index in [1.165, 1.54) is 25.1 Å². The van der Waals surface area contributed by atoms with E-state index in [2.05, 4.69) is 0 Å². The summed E-state index contributed by atoms with van der Waals surface area (Å²) in [6, 6.07) is 8.37. The van der Waals surface area contributed by atoms with Crippen molar-refractivity contribution in [3.63, 3.8) is 0 Å². The number of nitro groups is 1. The minimum atomic E-state index is -1.00. The smallest absolute Gasteiger partial charge is 0.306 e. The zero-order valence-electron chi connectivity index (χ0n) is 13.8. The molecular weight excluding hydrogens is 348 g/mol. The second kappa shape index (κ2) is 8.28. The van der Waals surface area contributed by atoms with Crippen molar-refractivity contribution in [1.82, 2.24) is 0 Å². The molecule has 1 unspecified atom stereocenters. The normalized spacial score (nSPS) is 11.7. The van der Waals surface area contributed by atoms with Gasteiger partial charge in [-0.3, -0.25) is 19.7 Å². The van der Waals surface area contributed by atoms with Gasteiger partial charge in [0.05, 0.1) is 22.5 Å². The van der Waals surface area contributed by atoms with Gasteiger partial charge in [-0.25, -0.2) is 8.78 Å². The van der Waals surface area contributed by atoms with E-state index in [4.69, 9.17) is 4.74 Å². The molecule has 2 aromatic rings. The van der Waals surface area contributed by atoms with E-state index in [0.717, 1.165) is 12.1 Å². The Morgan fingerprint density at radius 3 is 2.50 bits per heavy atom. The fraction of sp³-hybridized carbons (Fsp3) is 0.222. The molecule has 0 aromatic heterocycles. The van der Waals surface area contributed by atoms with Crippen LogP contribution in [0.4, 0.5) is 14.5 Å². The number of Topliss-reactive ketones (excluding diaryl/α,β-unsaturated/α-hetero) is 1. The molecule has 1 atom stereocenters. The van der Waals surface area contributed by atoms with Gasteiger partial charge in [-0.15, -0.1) is 0 Å². The number of carbonyl (C=O) groups is 2. The zero-order valence-corrected chi connectivity index (χ0v) is 13.8. The van der Waals surface area contributed by atoms with Crippen molar-refractivity contribution < 1.29 is 28.0 Å². The van der Waals surface area contributed by atoms with E-state index >= 15 is 0 Å². The number of esters is 1. The number of ether oxygens (including phenoxy) is 1. The average Bonchev–Trinajstić information content (AvgIpc) is 2.59. The van der Waals surface area contributed by atoms with E-state index in [1.807, 2.05) is 0 Å². The van der Waals surface area contributed by atoms with Crippen LogP contribution in [0.3, 0.4) is 0 Å². The predicted octanol–water partition coefficient (Wildman–Crippen LogP) is 4.14. The number of hydrogen-bond donors (Lipinski definition) is 0. The minimum Gasteiger partial charge on any atom is -0.457 e. The Morgan fingerprint density at radius 2 is 1.85 bits per heavy atom. The molecule has 0 N–H and O–H groups in total. The third-order valence-electron chi connectivity index (χ3n) is 3.67. The molecule has 0 saturated carbocycles. The summed E-state index contributed by atoms with van der Waals surface area (Å²) in [5.74, 6) is -3.24. The topological polar surface area (TPSA) is 86.5 Å². The Bertz CT molecular complexity index is 853. The average molecular weight is 363 g/mol. The Balaban J connectivity index is 1.96.